The third kappa shape index (κ3) is 3.51. The van der Waals surface area contributed by atoms with Crippen LogP contribution in [0.1, 0.15) is 25.7 Å². The Bertz CT molecular complexity index is 892. The van der Waals surface area contributed by atoms with Crippen LogP contribution in [0.15, 0.2) is 18.2 Å². The van der Waals surface area contributed by atoms with E-state index >= 15 is 0 Å². The van der Waals surface area contributed by atoms with E-state index in [1.54, 1.807) is 37.3 Å². The van der Waals surface area contributed by atoms with Crippen LogP contribution in [0.3, 0.4) is 0 Å². The summed E-state index contributed by atoms with van der Waals surface area (Å²) in [7, 11) is 3.14. The number of benzene rings is 1. The number of carbonyl (C=O) groups excluding carboxylic acids is 2. The lowest BCUT2D eigenvalue weighted by Crippen LogP contribution is -2.44. The Morgan fingerprint density at radius 3 is 2.75 bits per heavy atom. The highest BCUT2D eigenvalue weighted by molar-refractivity contribution is 5.97. The normalized spacial score (nSPS) is 18.8. The third-order valence-electron chi connectivity index (χ3n) is 5.15. The molecule has 1 aliphatic carbocycles. The Morgan fingerprint density at radius 1 is 1.21 bits per heavy atom. The van der Waals surface area contributed by atoms with Gasteiger partial charge in [-0.25, -0.2) is 0 Å². The average Bonchev–Trinajstić information content (AvgIpc) is 3.26. The number of hydrogen-bond acceptors (Lipinski definition) is 6. The van der Waals surface area contributed by atoms with Gasteiger partial charge in [0.1, 0.15) is 17.5 Å². The van der Waals surface area contributed by atoms with Crippen LogP contribution in [-0.2, 0) is 9.59 Å². The summed E-state index contributed by atoms with van der Waals surface area (Å²) in [6.45, 7) is 0.635. The Kier molecular flexibility index (Phi) is 4.89. The molecule has 0 radical (unpaired) electrons. The molecule has 1 saturated heterocycles. The summed E-state index contributed by atoms with van der Waals surface area (Å²) in [5, 5.41) is 9.62. The zero-order chi connectivity index (χ0) is 19.7. The molecule has 2 N–H and O–H groups in total. The molecule has 1 aliphatic heterocycles. The third-order valence-corrected chi connectivity index (χ3v) is 5.15. The van der Waals surface area contributed by atoms with Crippen molar-refractivity contribution in [2.24, 2.45) is 5.92 Å². The van der Waals surface area contributed by atoms with E-state index in [1.807, 2.05) is 0 Å². The first kappa shape index (κ1) is 18.3. The second-order valence-electron chi connectivity index (χ2n) is 7.03. The highest BCUT2D eigenvalue weighted by Crippen LogP contribution is 2.34. The van der Waals surface area contributed by atoms with Crippen molar-refractivity contribution in [2.45, 2.75) is 31.7 Å². The second kappa shape index (κ2) is 7.49. The smallest absolute Gasteiger partial charge is 0.249 e. The summed E-state index contributed by atoms with van der Waals surface area (Å²) in [5.74, 6) is 1.82. The summed E-state index contributed by atoms with van der Waals surface area (Å²) < 4.78 is 10.6. The minimum Gasteiger partial charge on any atom is -0.497 e. The van der Waals surface area contributed by atoms with E-state index in [4.69, 9.17) is 9.47 Å². The molecule has 28 heavy (non-hydrogen) atoms. The number of ether oxygens (including phenoxy) is 2. The molecule has 2 amide bonds. The average molecular weight is 385 g/mol. The highest BCUT2D eigenvalue weighted by atomic mass is 16.5. The number of aromatic amines is 1. The summed E-state index contributed by atoms with van der Waals surface area (Å²) in [5.41, 5.74) is 0.697. The van der Waals surface area contributed by atoms with Gasteiger partial charge in [-0.2, -0.15) is 4.98 Å². The van der Waals surface area contributed by atoms with E-state index in [1.165, 1.54) is 0 Å². The van der Waals surface area contributed by atoms with Gasteiger partial charge in [0, 0.05) is 18.5 Å². The Balaban J connectivity index is 1.47. The fraction of sp³-hybridized carbons (Fsp3) is 0.474. The molecular weight excluding hydrogens is 362 g/mol. The standard InChI is InChI=1S/C19H23N5O4/c1-27-12-7-8-13(15(10-12)28-2)16-20-19(23-22-16)21-17(25)14-4-3-9-24(14)18(26)11-5-6-11/h7-8,10-11,14H,3-6,9H2,1-2H3,(H2,20,21,22,23,25). The lowest BCUT2D eigenvalue weighted by atomic mass is 10.2. The maximum atomic E-state index is 12.7. The highest BCUT2D eigenvalue weighted by Gasteiger charge is 2.41. The van der Waals surface area contributed by atoms with Crippen LogP contribution in [-0.4, -0.2) is 58.7 Å². The van der Waals surface area contributed by atoms with E-state index in [0.29, 0.717) is 35.9 Å². The van der Waals surface area contributed by atoms with Gasteiger partial charge in [0.05, 0.1) is 19.8 Å². The first-order chi connectivity index (χ1) is 13.6. The predicted octanol–water partition coefficient (Wildman–Crippen LogP) is 1.83. The van der Waals surface area contributed by atoms with Crippen molar-refractivity contribution < 1.29 is 19.1 Å². The van der Waals surface area contributed by atoms with Crippen molar-refractivity contribution >= 4 is 17.8 Å². The molecule has 9 nitrogen and oxygen atoms in total. The van der Waals surface area contributed by atoms with Crippen molar-refractivity contribution in [3.05, 3.63) is 18.2 Å². The number of hydrogen-bond donors (Lipinski definition) is 2. The summed E-state index contributed by atoms with van der Waals surface area (Å²) in [6, 6.07) is 4.89. The second-order valence-corrected chi connectivity index (χ2v) is 7.03. The summed E-state index contributed by atoms with van der Waals surface area (Å²) >= 11 is 0. The maximum Gasteiger partial charge on any atom is 0.249 e. The van der Waals surface area contributed by atoms with Crippen LogP contribution in [0.5, 0.6) is 11.5 Å². The molecule has 2 aromatic rings. The maximum absolute atomic E-state index is 12.7. The fourth-order valence-electron chi connectivity index (χ4n) is 3.49. The molecule has 2 heterocycles. The number of likely N-dealkylation sites (tertiary alicyclic amines) is 1. The molecule has 1 aromatic heterocycles. The van der Waals surface area contributed by atoms with Gasteiger partial charge in [0.15, 0.2) is 5.82 Å². The van der Waals surface area contributed by atoms with Crippen LogP contribution in [0.4, 0.5) is 5.95 Å². The Hall–Kier alpha value is -3.10. The number of anilines is 1. The van der Waals surface area contributed by atoms with E-state index in [9.17, 15) is 9.59 Å². The van der Waals surface area contributed by atoms with E-state index < -0.39 is 6.04 Å². The zero-order valence-electron chi connectivity index (χ0n) is 15.9. The topological polar surface area (TPSA) is 109 Å². The number of methoxy groups -OCH3 is 2. The number of amides is 2. The molecule has 4 rings (SSSR count). The van der Waals surface area contributed by atoms with Crippen LogP contribution >= 0.6 is 0 Å². The molecule has 0 spiro atoms. The fourth-order valence-corrected chi connectivity index (χ4v) is 3.49. The van der Waals surface area contributed by atoms with Gasteiger partial charge in [-0.1, -0.05) is 0 Å². The lowest BCUT2D eigenvalue weighted by molar-refractivity contribution is -0.137. The first-order valence-corrected chi connectivity index (χ1v) is 9.37. The van der Waals surface area contributed by atoms with Crippen LogP contribution < -0.4 is 14.8 Å². The molecule has 1 unspecified atom stereocenters. The minimum atomic E-state index is -0.453. The number of aromatic nitrogens is 3. The molecule has 9 heteroatoms. The number of rotatable bonds is 6. The van der Waals surface area contributed by atoms with Crippen LogP contribution in [0.25, 0.3) is 11.4 Å². The molecule has 1 atom stereocenters. The van der Waals surface area contributed by atoms with Gasteiger partial charge in [0.2, 0.25) is 17.8 Å². The quantitative estimate of drug-likeness (QED) is 0.785. The molecular formula is C19H23N5O4. The van der Waals surface area contributed by atoms with Crippen molar-refractivity contribution in [1.29, 1.82) is 0 Å². The molecule has 1 saturated carbocycles. The van der Waals surface area contributed by atoms with Gasteiger partial charge in [-0.3, -0.25) is 20.0 Å². The van der Waals surface area contributed by atoms with Crippen molar-refractivity contribution in [3.63, 3.8) is 0 Å². The number of H-pyrrole nitrogens is 1. The number of carbonyl (C=O) groups is 2. The molecule has 2 aliphatic rings. The minimum absolute atomic E-state index is 0.0938. The molecule has 0 bridgehead atoms. The van der Waals surface area contributed by atoms with E-state index in [-0.39, 0.29) is 23.7 Å². The largest absolute Gasteiger partial charge is 0.497 e. The van der Waals surface area contributed by atoms with Gasteiger partial charge in [0.25, 0.3) is 0 Å². The van der Waals surface area contributed by atoms with Gasteiger partial charge in [-0.15, -0.1) is 5.10 Å². The van der Waals surface area contributed by atoms with Crippen LogP contribution in [0.2, 0.25) is 0 Å². The van der Waals surface area contributed by atoms with Crippen molar-refractivity contribution in [1.82, 2.24) is 20.1 Å². The monoisotopic (exact) mass is 385 g/mol. The molecule has 148 valence electrons. The van der Waals surface area contributed by atoms with Gasteiger partial charge < -0.3 is 14.4 Å². The summed E-state index contributed by atoms with van der Waals surface area (Å²) in [6.07, 6.45) is 3.35. The number of nitrogens with one attached hydrogen (secondary N) is 2. The lowest BCUT2D eigenvalue weighted by Gasteiger charge is -2.23. The molecule has 2 fully saturated rings. The van der Waals surface area contributed by atoms with Crippen molar-refractivity contribution in [3.8, 4) is 22.9 Å². The molecule has 1 aromatic carbocycles. The van der Waals surface area contributed by atoms with Crippen LogP contribution in [0, 0.1) is 5.92 Å². The van der Waals surface area contributed by atoms with E-state index in [2.05, 4.69) is 20.5 Å². The first-order valence-electron chi connectivity index (χ1n) is 9.37. The Morgan fingerprint density at radius 2 is 2.04 bits per heavy atom. The van der Waals surface area contributed by atoms with Gasteiger partial charge >= 0.3 is 0 Å². The predicted molar refractivity (Wildman–Crippen MR) is 101 cm³/mol. The zero-order valence-corrected chi connectivity index (χ0v) is 15.9. The summed E-state index contributed by atoms with van der Waals surface area (Å²) in [4.78, 5) is 31.1. The SMILES string of the molecule is COc1ccc(-c2nc(NC(=O)C3CCCN3C(=O)C3CC3)n[nH]2)c(OC)c1. The van der Waals surface area contributed by atoms with E-state index in [0.717, 1.165) is 19.3 Å². The van der Waals surface area contributed by atoms with Crippen molar-refractivity contribution in [2.75, 3.05) is 26.1 Å². The van der Waals surface area contributed by atoms with Gasteiger partial charge in [-0.05, 0) is 37.8 Å². The Labute approximate surface area is 162 Å². The number of nitrogens with zero attached hydrogens (tertiary/aromatic N) is 3.